The van der Waals surface area contributed by atoms with E-state index in [0.29, 0.717) is 0 Å². The maximum atomic E-state index is 12.5. The average Bonchev–Trinajstić information content (AvgIpc) is 3.79. The molecule has 34 heteroatoms. The first kappa shape index (κ1) is 40.5. The summed E-state index contributed by atoms with van der Waals surface area (Å²) in [6.45, 7) is -2.23. The van der Waals surface area contributed by atoms with Gasteiger partial charge >= 0.3 is 31.1 Å². The number of aliphatic hydroxyl groups is 4. The minimum atomic E-state index is -5.97. The lowest BCUT2D eigenvalue weighted by Gasteiger charge is -2.22. The zero-order valence-corrected chi connectivity index (χ0v) is 30.0. The van der Waals surface area contributed by atoms with Gasteiger partial charge in [-0.05, 0) is 0 Å². The number of nitrogens with one attached hydrogen (secondary N) is 2. The summed E-state index contributed by atoms with van der Waals surface area (Å²) in [5.74, 6) is -0.342. The molecule has 4 aromatic rings. The highest BCUT2D eigenvalue weighted by molar-refractivity contribution is 7.73. The van der Waals surface area contributed by atoms with Crippen molar-refractivity contribution in [1.82, 2.24) is 43.9 Å². The Morgan fingerprint density at radius 1 is 0.741 bits per heavy atom. The topological polar surface area (TPSA) is 457 Å². The molecule has 14 N–H and O–H groups in total. The van der Waals surface area contributed by atoms with Crippen LogP contribution in [0.3, 0.4) is 0 Å². The first-order valence-corrected chi connectivity index (χ1v) is 20.7. The molecule has 54 heavy (non-hydrogen) atoms. The molecule has 6 rings (SSSR count). The third-order valence-corrected chi connectivity index (χ3v) is 13.9. The van der Waals surface area contributed by atoms with Crippen molar-refractivity contribution >= 4 is 65.2 Å². The second-order valence-corrected chi connectivity index (χ2v) is 17.9. The number of nitrogen functional groups attached to an aromatic ring is 2. The quantitative estimate of drug-likeness (QED) is 0.0546. The molecule has 2 aliphatic rings. The van der Waals surface area contributed by atoms with Gasteiger partial charge in [-0.1, -0.05) is 0 Å². The fourth-order valence-electron chi connectivity index (χ4n) is 5.24. The molecule has 2 saturated heterocycles. The molecule has 30 nitrogen and oxygen atoms in total. The van der Waals surface area contributed by atoms with E-state index in [1.807, 2.05) is 0 Å². The Kier molecular flexibility index (Phi) is 11.0. The summed E-state index contributed by atoms with van der Waals surface area (Å²) in [6.07, 6.45) is -10.1. The Bertz CT molecular complexity index is 2310. The summed E-state index contributed by atoms with van der Waals surface area (Å²) in [5, 5.41) is 41.8. The molecule has 6 heterocycles. The number of phosphoric ester groups is 2. The van der Waals surface area contributed by atoms with E-state index >= 15 is 0 Å². The van der Waals surface area contributed by atoms with Gasteiger partial charge in [0.25, 0.3) is 5.56 Å². The monoisotopic (exact) mass is 851 g/mol. The van der Waals surface area contributed by atoms with Crippen molar-refractivity contribution in [1.29, 1.82) is 0 Å². The number of aliphatic hydroxyl groups excluding tert-OH is 4. The van der Waals surface area contributed by atoms with E-state index in [-0.39, 0.29) is 34.1 Å². The first-order chi connectivity index (χ1) is 25.1. The fraction of sp³-hybridized carbons (Fsp3) is 0.500. The predicted octanol–water partition coefficient (Wildman–Crippen LogP) is -3.58. The zero-order valence-electron chi connectivity index (χ0n) is 26.4. The average molecular weight is 851 g/mol. The second kappa shape index (κ2) is 14.7. The van der Waals surface area contributed by atoms with Crippen LogP contribution in [-0.4, -0.2) is 129 Å². The van der Waals surface area contributed by atoms with E-state index < -0.39 is 99.0 Å². The number of nitrogens with two attached hydrogens (primary N) is 2. The first-order valence-electron chi connectivity index (χ1n) is 14.6. The van der Waals surface area contributed by atoms with Crippen molar-refractivity contribution in [3.05, 3.63) is 29.3 Å². The Morgan fingerprint density at radius 3 is 1.74 bits per heavy atom. The number of rotatable bonds is 14. The van der Waals surface area contributed by atoms with E-state index in [1.165, 1.54) is 0 Å². The van der Waals surface area contributed by atoms with Crippen LogP contribution in [0.25, 0.3) is 22.3 Å². The lowest BCUT2D eigenvalue weighted by Crippen LogP contribution is -2.33. The van der Waals surface area contributed by atoms with Gasteiger partial charge in [-0.25, -0.2) is 38.2 Å². The van der Waals surface area contributed by atoms with Crippen LogP contribution in [0.15, 0.2) is 23.8 Å². The molecule has 0 aliphatic carbocycles. The molecule has 12 atom stereocenters. The molecular weight excluding hydrogens is 822 g/mol. The van der Waals surface area contributed by atoms with Gasteiger partial charge in [-0.3, -0.25) is 28.0 Å². The Hall–Kier alpha value is -3.18. The number of hydrogen-bond acceptors (Lipinski definition) is 22. The van der Waals surface area contributed by atoms with Gasteiger partial charge in [-0.15, -0.1) is 4.86 Å². The molecular formula is C20H29N11O19P4. The molecule has 0 aromatic carbocycles. The summed E-state index contributed by atoms with van der Waals surface area (Å²) in [7, 11) is -23.4. The minimum absolute atomic E-state index is 0.0149. The molecule has 7 unspecified atom stereocenters. The highest BCUT2D eigenvalue weighted by Gasteiger charge is 2.49. The van der Waals surface area contributed by atoms with Crippen LogP contribution in [-0.2, 0) is 45.4 Å². The smallest absolute Gasteiger partial charge is 0.387 e. The van der Waals surface area contributed by atoms with Crippen molar-refractivity contribution in [2.75, 3.05) is 24.7 Å². The minimum Gasteiger partial charge on any atom is -0.387 e. The van der Waals surface area contributed by atoms with Crippen molar-refractivity contribution in [3.8, 4) is 0 Å². The third-order valence-electron chi connectivity index (χ3n) is 7.54. The number of anilines is 2. The summed E-state index contributed by atoms with van der Waals surface area (Å²) in [6, 6.07) is 0. The molecule has 0 radical (unpaired) electrons. The van der Waals surface area contributed by atoms with Gasteiger partial charge in [0.1, 0.15) is 48.5 Å². The lowest BCUT2D eigenvalue weighted by atomic mass is 10.1. The van der Waals surface area contributed by atoms with E-state index in [4.69, 9.17) is 20.9 Å². The van der Waals surface area contributed by atoms with Gasteiger partial charge in [0, 0.05) is 0 Å². The number of imidazole rings is 2. The number of fused-ring (bicyclic) bond motifs is 2. The Balaban J connectivity index is 1.02. The van der Waals surface area contributed by atoms with Gasteiger partial charge in [0.2, 0.25) is 5.95 Å². The van der Waals surface area contributed by atoms with Crippen molar-refractivity contribution in [3.63, 3.8) is 0 Å². The molecule has 0 bridgehead atoms. The molecule has 4 aromatic heterocycles. The summed E-state index contributed by atoms with van der Waals surface area (Å²) in [4.78, 5) is 74.4. The lowest BCUT2D eigenvalue weighted by molar-refractivity contribution is -0.0502. The van der Waals surface area contributed by atoms with Crippen molar-refractivity contribution < 1.29 is 85.4 Å². The van der Waals surface area contributed by atoms with Gasteiger partial charge in [0.15, 0.2) is 35.1 Å². The predicted molar refractivity (Wildman–Crippen MR) is 171 cm³/mol. The van der Waals surface area contributed by atoms with E-state index in [1.54, 1.807) is 0 Å². The summed E-state index contributed by atoms with van der Waals surface area (Å²) >= 11 is 0. The maximum Gasteiger partial charge on any atom is 0.480 e. The number of phosphoric acid groups is 2. The standard InChI is InChI=1S/C20H29N11O19P4/c21-14-8-15(24-3-23-14)30(4-25-8)18-12(34)10(32)6(47-18)1-45-53(41,42)49-51(37,38)29-52(39,40)50-54(43,44)46-2-7-11(33)13(35)19(48-7)31-5-26-9-16(31)27-20(22)28-17(9)36/h3-7,10-13,18-19,32-35H,1-2H2,(H,41,42)(H,43,44)(H2,21,23,24)(H3,22,27,28,36)(H3,29,37,38,39,40)/t6-,7-,10?,11?,12?,13+,18-,19-/m1/s1. The Labute approximate surface area is 297 Å². The highest BCUT2D eigenvalue weighted by Crippen LogP contribution is 2.66. The van der Waals surface area contributed by atoms with Crippen LogP contribution in [0.2, 0.25) is 0 Å². The SMILES string of the molecule is Nc1nc2c(ncn2[C@@H]2O[C@H](COP(=O)(O)OP(=O)(O)NP(=O)(O)OP(=O)(O)OC[C@H]3O[C@@H](n4cnc5c(N)ncnc54)C(O)C3O)C(O)[C@@H]2O)c(=O)[nH]1. The number of aromatic amines is 1. The summed E-state index contributed by atoms with van der Waals surface area (Å²) < 4.78 is 80.0. The van der Waals surface area contributed by atoms with Gasteiger partial charge in [0.05, 0.1) is 25.9 Å². The molecule has 2 aliphatic heterocycles. The number of H-pyrrole nitrogens is 1. The maximum absolute atomic E-state index is 12.5. The van der Waals surface area contributed by atoms with Crippen LogP contribution in [0.5, 0.6) is 0 Å². The molecule has 298 valence electrons. The number of nitrogens with zero attached hydrogens (tertiary/aromatic N) is 7. The molecule has 0 spiro atoms. The van der Waals surface area contributed by atoms with Crippen LogP contribution in [0.4, 0.5) is 11.8 Å². The zero-order chi connectivity index (χ0) is 39.5. The molecule has 0 saturated carbocycles. The van der Waals surface area contributed by atoms with Crippen LogP contribution in [0, 0.1) is 0 Å². The van der Waals surface area contributed by atoms with Gasteiger partial charge in [-0.2, -0.15) is 13.6 Å². The fourth-order valence-corrected chi connectivity index (χ4v) is 10.7. The van der Waals surface area contributed by atoms with Crippen LogP contribution >= 0.6 is 31.1 Å². The molecule has 2 fully saturated rings. The van der Waals surface area contributed by atoms with E-state index in [2.05, 4.69) is 47.6 Å². The molecule has 0 amide bonds. The highest BCUT2D eigenvalue weighted by atomic mass is 31.3. The third kappa shape index (κ3) is 8.47. The normalized spacial score (nSPS) is 30.6. The van der Waals surface area contributed by atoms with E-state index in [0.717, 1.165) is 33.0 Å². The number of hydrogen-bond donors (Lipinski definition) is 12. The second-order valence-electron chi connectivity index (χ2n) is 11.3. The largest absolute Gasteiger partial charge is 0.480 e. The van der Waals surface area contributed by atoms with E-state index in [9.17, 15) is 63.1 Å². The van der Waals surface area contributed by atoms with Gasteiger partial charge < -0.3 is 60.9 Å². The Morgan fingerprint density at radius 2 is 1.22 bits per heavy atom. The summed E-state index contributed by atoms with van der Waals surface area (Å²) in [5.41, 5.74) is 10.3. The van der Waals surface area contributed by atoms with Crippen LogP contribution in [0.1, 0.15) is 12.5 Å². The van der Waals surface area contributed by atoms with Crippen molar-refractivity contribution in [2.24, 2.45) is 0 Å². The number of ether oxygens (including phenoxy) is 2. The van der Waals surface area contributed by atoms with Crippen molar-refractivity contribution in [2.45, 2.75) is 49.1 Å². The number of aromatic nitrogens is 8. The van der Waals surface area contributed by atoms with Crippen LogP contribution < -0.4 is 21.9 Å².